The lowest BCUT2D eigenvalue weighted by atomic mass is 10.0. The van der Waals surface area contributed by atoms with Crippen LogP contribution in [0.5, 0.6) is 0 Å². The maximum absolute atomic E-state index is 9.23. The molecule has 24 heavy (non-hydrogen) atoms. The van der Waals surface area contributed by atoms with Crippen LogP contribution in [0.4, 0.5) is 0 Å². The summed E-state index contributed by atoms with van der Waals surface area (Å²) in [6.45, 7) is 16.5. The second-order valence-corrected chi connectivity index (χ2v) is 6.95. The number of likely N-dealkylation sites (tertiary alicyclic amines) is 1. The summed E-state index contributed by atoms with van der Waals surface area (Å²) < 4.78 is 0. The van der Waals surface area contributed by atoms with Crippen molar-refractivity contribution in [2.75, 3.05) is 52.4 Å². The summed E-state index contributed by atoms with van der Waals surface area (Å²) in [5, 5.41) is 12.7. The van der Waals surface area contributed by atoms with Crippen LogP contribution < -0.4 is 5.32 Å². The Morgan fingerprint density at radius 1 is 1.25 bits per heavy atom. The predicted molar refractivity (Wildman–Crippen MR) is 104 cm³/mol. The SMILES string of the molecule is CCCC(CCO)CN=C(NCC)N1CCC(CN(CC)CC)C1. The summed E-state index contributed by atoms with van der Waals surface area (Å²) >= 11 is 0. The van der Waals surface area contributed by atoms with E-state index < -0.39 is 0 Å². The first-order valence-electron chi connectivity index (χ1n) is 10.0. The lowest BCUT2D eigenvalue weighted by molar-refractivity contribution is 0.252. The molecule has 5 nitrogen and oxygen atoms in total. The first-order chi connectivity index (χ1) is 11.7. The van der Waals surface area contributed by atoms with Crippen molar-refractivity contribution in [2.24, 2.45) is 16.8 Å². The summed E-state index contributed by atoms with van der Waals surface area (Å²) in [5.41, 5.74) is 0. The van der Waals surface area contributed by atoms with Gasteiger partial charge in [0, 0.05) is 39.3 Å². The highest BCUT2D eigenvalue weighted by molar-refractivity contribution is 5.80. The van der Waals surface area contributed by atoms with Gasteiger partial charge in [-0.1, -0.05) is 27.2 Å². The summed E-state index contributed by atoms with van der Waals surface area (Å²) in [5.74, 6) is 2.32. The van der Waals surface area contributed by atoms with Gasteiger partial charge in [-0.3, -0.25) is 4.99 Å². The zero-order valence-electron chi connectivity index (χ0n) is 16.4. The molecule has 2 unspecified atom stereocenters. The Bertz CT molecular complexity index is 338. The van der Waals surface area contributed by atoms with E-state index in [4.69, 9.17) is 4.99 Å². The zero-order valence-corrected chi connectivity index (χ0v) is 16.4. The van der Waals surface area contributed by atoms with Crippen molar-refractivity contribution in [1.82, 2.24) is 15.1 Å². The smallest absolute Gasteiger partial charge is 0.193 e. The van der Waals surface area contributed by atoms with Gasteiger partial charge in [0.2, 0.25) is 0 Å². The molecule has 0 amide bonds. The minimum absolute atomic E-state index is 0.270. The van der Waals surface area contributed by atoms with Gasteiger partial charge in [0.25, 0.3) is 0 Å². The van der Waals surface area contributed by atoms with Crippen molar-refractivity contribution in [2.45, 2.75) is 53.4 Å². The number of rotatable bonds is 11. The molecule has 1 heterocycles. The fourth-order valence-corrected chi connectivity index (χ4v) is 3.58. The number of hydrogen-bond acceptors (Lipinski definition) is 3. The molecule has 0 saturated carbocycles. The van der Waals surface area contributed by atoms with Crippen molar-refractivity contribution >= 4 is 5.96 Å². The molecule has 0 aliphatic carbocycles. The number of nitrogens with zero attached hydrogens (tertiary/aromatic N) is 3. The maximum atomic E-state index is 9.23. The number of aliphatic imine (C=N–C) groups is 1. The molecule has 0 aromatic heterocycles. The Labute approximate surface area is 149 Å². The maximum Gasteiger partial charge on any atom is 0.193 e. The zero-order chi connectivity index (χ0) is 17.8. The van der Waals surface area contributed by atoms with E-state index in [1.165, 1.54) is 13.0 Å². The van der Waals surface area contributed by atoms with Gasteiger partial charge in [-0.25, -0.2) is 0 Å². The van der Waals surface area contributed by atoms with E-state index in [1.54, 1.807) is 0 Å². The van der Waals surface area contributed by atoms with Crippen LogP contribution in [-0.4, -0.2) is 73.3 Å². The summed E-state index contributed by atoms with van der Waals surface area (Å²) in [6.07, 6.45) is 4.43. The Morgan fingerprint density at radius 2 is 2.00 bits per heavy atom. The van der Waals surface area contributed by atoms with Crippen LogP contribution in [0.1, 0.15) is 53.4 Å². The molecule has 5 heteroatoms. The van der Waals surface area contributed by atoms with Gasteiger partial charge in [0.15, 0.2) is 5.96 Å². The van der Waals surface area contributed by atoms with Crippen molar-refractivity contribution in [1.29, 1.82) is 0 Å². The molecule has 0 spiro atoms. The average molecular weight is 341 g/mol. The van der Waals surface area contributed by atoms with Crippen LogP contribution in [0, 0.1) is 11.8 Å². The van der Waals surface area contributed by atoms with Crippen LogP contribution in [-0.2, 0) is 0 Å². The summed E-state index contributed by atoms with van der Waals surface area (Å²) in [7, 11) is 0. The molecule has 142 valence electrons. The van der Waals surface area contributed by atoms with Gasteiger partial charge in [-0.15, -0.1) is 0 Å². The van der Waals surface area contributed by atoms with E-state index in [9.17, 15) is 5.11 Å². The van der Waals surface area contributed by atoms with E-state index in [-0.39, 0.29) is 6.61 Å². The van der Waals surface area contributed by atoms with Gasteiger partial charge in [0.1, 0.15) is 0 Å². The molecule has 1 fully saturated rings. The third kappa shape index (κ3) is 7.39. The number of nitrogens with one attached hydrogen (secondary N) is 1. The molecule has 0 bridgehead atoms. The number of aliphatic hydroxyl groups excluding tert-OH is 1. The van der Waals surface area contributed by atoms with Gasteiger partial charge >= 0.3 is 0 Å². The van der Waals surface area contributed by atoms with E-state index in [0.717, 1.165) is 70.4 Å². The lowest BCUT2D eigenvalue weighted by Gasteiger charge is -2.25. The van der Waals surface area contributed by atoms with Gasteiger partial charge < -0.3 is 20.2 Å². The third-order valence-electron chi connectivity index (χ3n) is 5.06. The number of guanidine groups is 1. The van der Waals surface area contributed by atoms with Crippen LogP contribution in [0.15, 0.2) is 4.99 Å². The van der Waals surface area contributed by atoms with Crippen molar-refractivity contribution < 1.29 is 5.11 Å². The fraction of sp³-hybridized carbons (Fsp3) is 0.947. The molecule has 1 saturated heterocycles. The fourth-order valence-electron chi connectivity index (χ4n) is 3.58. The van der Waals surface area contributed by atoms with E-state index >= 15 is 0 Å². The van der Waals surface area contributed by atoms with Gasteiger partial charge in [-0.2, -0.15) is 0 Å². The second kappa shape index (κ2) is 12.5. The predicted octanol–water partition coefficient (Wildman–Crippen LogP) is 2.41. The van der Waals surface area contributed by atoms with Crippen LogP contribution >= 0.6 is 0 Å². The molecule has 1 aliphatic rings. The highest BCUT2D eigenvalue weighted by Gasteiger charge is 2.26. The highest BCUT2D eigenvalue weighted by Crippen LogP contribution is 2.18. The first kappa shape index (κ1) is 21.2. The van der Waals surface area contributed by atoms with Crippen LogP contribution in [0.2, 0.25) is 0 Å². The molecule has 2 N–H and O–H groups in total. The number of aliphatic hydroxyl groups is 1. The van der Waals surface area contributed by atoms with Crippen molar-refractivity contribution in [3.63, 3.8) is 0 Å². The highest BCUT2D eigenvalue weighted by atomic mass is 16.3. The monoisotopic (exact) mass is 340 g/mol. The van der Waals surface area contributed by atoms with Crippen LogP contribution in [0.25, 0.3) is 0 Å². The topological polar surface area (TPSA) is 51.1 Å². The van der Waals surface area contributed by atoms with Crippen LogP contribution in [0.3, 0.4) is 0 Å². The van der Waals surface area contributed by atoms with E-state index in [1.807, 2.05) is 0 Å². The minimum atomic E-state index is 0.270. The van der Waals surface area contributed by atoms with E-state index in [0.29, 0.717) is 5.92 Å². The van der Waals surface area contributed by atoms with Gasteiger partial charge in [0.05, 0.1) is 0 Å². The lowest BCUT2D eigenvalue weighted by Crippen LogP contribution is -2.41. The standard InChI is InChI=1S/C19H40N4O/c1-5-9-17(11-13-24)14-21-19(20-6-2)23-12-10-18(16-23)15-22(7-3)8-4/h17-18,24H,5-16H2,1-4H3,(H,20,21). The average Bonchev–Trinajstić information content (AvgIpc) is 3.05. The Hall–Kier alpha value is -0.810. The second-order valence-electron chi connectivity index (χ2n) is 6.95. The largest absolute Gasteiger partial charge is 0.396 e. The summed E-state index contributed by atoms with van der Waals surface area (Å²) in [4.78, 5) is 9.85. The third-order valence-corrected chi connectivity index (χ3v) is 5.06. The molecule has 0 aromatic carbocycles. The first-order valence-corrected chi connectivity index (χ1v) is 10.0. The van der Waals surface area contributed by atoms with Gasteiger partial charge in [-0.05, 0) is 51.1 Å². The molecule has 1 aliphatic heterocycles. The molecule has 2 atom stereocenters. The summed E-state index contributed by atoms with van der Waals surface area (Å²) in [6, 6.07) is 0. The normalized spacial score (nSPS) is 20.0. The Morgan fingerprint density at radius 3 is 2.58 bits per heavy atom. The quantitative estimate of drug-likeness (QED) is 0.448. The minimum Gasteiger partial charge on any atom is -0.396 e. The Balaban J connectivity index is 2.59. The molecular formula is C19H40N4O. The Kier molecular flexibility index (Phi) is 11.1. The number of hydrogen-bond donors (Lipinski definition) is 2. The molecule has 0 radical (unpaired) electrons. The van der Waals surface area contributed by atoms with Crippen molar-refractivity contribution in [3.8, 4) is 0 Å². The molecular weight excluding hydrogens is 300 g/mol. The van der Waals surface area contributed by atoms with Crippen molar-refractivity contribution in [3.05, 3.63) is 0 Å². The molecule has 1 rings (SSSR count). The van der Waals surface area contributed by atoms with E-state index in [2.05, 4.69) is 42.8 Å². The molecule has 0 aromatic rings.